The fourth-order valence-corrected chi connectivity index (χ4v) is 2.18. The van der Waals surface area contributed by atoms with Crippen LogP contribution in [0, 0.1) is 20.8 Å². The van der Waals surface area contributed by atoms with Crippen molar-refractivity contribution in [3.05, 3.63) is 28.8 Å². The summed E-state index contributed by atoms with van der Waals surface area (Å²) in [6.45, 7) is 8.26. The summed E-state index contributed by atoms with van der Waals surface area (Å²) in [6.07, 6.45) is 1.12. The molecule has 0 saturated heterocycles. The third-order valence-corrected chi connectivity index (χ3v) is 3.04. The van der Waals surface area contributed by atoms with Gasteiger partial charge in [0, 0.05) is 12.2 Å². The van der Waals surface area contributed by atoms with Crippen LogP contribution in [0.2, 0.25) is 0 Å². The minimum absolute atomic E-state index is 0.273. The average Bonchev–Trinajstić information content (AvgIpc) is 2.31. The normalized spacial score (nSPS) is 12.1. The van der Waals surface area contributed by atoms with E-state index in [4.69, 9.17) is 0 Å². The topological polar surface area (TPSA) is 61.4 Å². The van der Waals surface area contributed by atoms with Gasteiger partial charge in [-0.2, -0.15) is 0 Å². The number of hydrogen-bond donors (Lipinski definition) is 3. The van der Waals surface area contributed by atoms with E-state index in [1.807, 2.05) is 39.8 Å². The molecule has 4 nitrogen and oxygen atoms in total. The van der Waals surface area contributed by atoms with Crippen LogP contribution >= 0.6 is 0 Å². The van der Waals surface area contributed by atoms with Gasteiger partial charge in [-0.15, -0.1) is 0 Å². The highest BCUT2D eigenvalue weighted by Crippen LogP contribution is 2.21. The zero-order valence-corrected chi connectivity index (χ0v) is 12.2. The molecule has 0 heterocycles. The first-order valence-electron chi connectivity index (χ1n) is 6.74. The third kappa shape index (κ3) is 4.91. The molecule has 1 rings (SSSR count). The number of rotatable bonds is 5. The lowest BCUT2D eigenvalue weighted by atomic mass is 10.1. The molecule has 0 aliphatic heterocycles. The van der Waals surface area contributed by atoms with Gasteiger partial charge in [0.1, 0.15) is 0 Å². The fourth-order valence-electron chi connectivity index (χ4n) is 2.18. The van der Waals surface area contributed by atoms with Gasteiger partial charge in [0.05, 0.1) is 6.10 Å². The van der Waals surface area contributed by atoms with Crippen LogP contribution in [-0.2, 0) is 0 Å². The van der Waals surface area contributed by atoms with E-state index in [1.54, 1.807) is 0 Å². The van der Waals surface area contributed by atoms with Crippen LogP contribution in [-0.4, -0.2) is 23.8 Å². The Morgan fingerprint density at radius 2 is 1.84 bits per heavy atom. The van der Waals surface area contributed by atoms with Crippen LogP contribution in [0.25, 0.3) is 0 Å². The van der Waals surface area contributed by atoms with Crippen LogP contribution in [0.5, 0.6) is 0 Å². The molecular formula is C15H24N2O2. The second kappa shape index (κ2) is 7.14. The molecule has 0 aliphatic rings. The Bertz CT molecular complexity index is 421. The van der Waals surface area contributed by atoms with Crippen LogP contribution in [0.3, 0.4) is 0 Å². The zero-order chi connectivity index (χ0) is 14.4. The smallest absolute Gasteiger partial charge is 0.319 e. The number of benzene rings is 1. The molecule has 1 unspecified atom stereocenters. The van der Waals surface area contributed by atoms with Gasteiger partial charge >= 0.3 is 6.03 Å². The van der Waals surface area contributed by atoms with E-state index in [-0.39, 0.29) is 12.6 Å². The summed E-state index contributed by atoms with van der Waals surface area (Å²) in [5.74, 6) is 0. The maximum atomic E-state index is 11.8. The maximum Gasteiger partial charge on any atom is 0.319 e. The van der Waals surface area contributed by atoms with Gasteiger partial charge in [-0.25, -0.2) is 4.79 Å². The Morgan fingerprint density at radius 3 is 2.37 bits per heavy atom. The Balaban J connectivity index is 2.58. The summed E-state index contributed by atoms with van der Waals surface area (Å²) in [4.78, 5) is 11.8. The van der Waals surface area contributed by atoms with Gasteiger partial charge in [0.25, 0.3) is 0 Å². The average molecular weight is 264 g/mol. The Morgan fingerprint density at radius 1 is 1.26 bits per heavy atom. The lowest BCUT2D eigenvalue weighted by Gasteiger charge is -2.15. The van der Waals surface area contributed by atoms with E-state index < -0.39 is 6.10 Å². The highest BCUT2D eigenvalue weighted by molar-refractivity contribution is 5.91. The summed E-state index contributed by atoms with van der Waals surface area (Å²) < 4.78 is 0. The highest BCUT2D eigenvalue weighted by atomic mass is 16.3. The van der Waals surface area contributed by atoms with Crippen molar-refractivity contribution in [2.24, 2.45) is 0 Å². The molecule has 0 fully saturated rings. The van der Waals surface area contributed by atoms with E-state index in [0.29, 0.717) is 6.42 Å². The highest BCUT2D eigenvalue weighted by Gasteiger charge is 2.09. The largest absolute Gasteiger partial charge is 0.391 e. The number of nitrogens with one attached hydrogen (secondary N) is 2. The van der Waals surface area contributed by atoms with Crippen molar-refractivity contribution >= 4 is 11.7 Å². The van der Waals surface area contributed by atoms with Crippen molar-refractivity contribution in [3.63, 3.8) is 0 Å². The molecule has 0 spiro atoms. The Labute approximate surface area is 115 Å². The first kappa shape index (κ1) is 15.5. The summed E-state index contributed by atoms with van der Waals surface area (Å²) >= 11 is 0. The number of amides is 2. The number of anilines is 1. The minimum atomic E-state index is -0.476. The van der Waals surface area contributed by atoms with Gasteiger partial charge in [0.2, 0.25) is 0 Å². The van der Waals surface area contributed by atoms with Gasteiger partial charge in [0.15, 0.2) is 0 Å². The number of aryl methyl sites for hydroxylation is 3. The van der Waals surface area contributed by atoms with Crippen molar-refractivity contribution < 1.29 is 9.90 Å². The zero-order valence-electron chi connectivity index (χ0n) is 12.2. The molecular weight excluding hydrogens is 240 g/mol. The quantitative estimate of drug-likeness (QED) is 0.765. The fraction of sp³-hybridized carbons (Fsp3) is 0.533. The molecule has 4 heteroatoms. The predicted molar refractivity (Wildman–Crippen MR) is 78.6 cm³/mol. The molecule has 0 aromatic heterocycles. The molecule has 0 aliphatic carbocycles. The molecule has 3 N–H and O–H groups in total. The standard InChI is InChI=1S/C15H24N2O2/c1-5-6-13(18)9-16-15(19)17-14-11(3)7-10(2)8-12(14)4/h7-8,13,18H,5-6,9H2,1-4H3,(H2,16,17,19). The van der Waals surface area contributed by atoms with Gasteiger partial charge in [-0.3, -0.25) is 0 Å². The monoisotopic (exact) mass is 264 g/mol. The number of hydrogen-bond acceptors (Lipinski definition) is 2. The van der Waals surface area contributed by atoms with Crippen LogP contribution in [0.15, 0.2) is 12.1 Å². The molecule has 1 atom stereocenters. The van der Waals surface area contributed by atoms with Crippen LogP contribution in [0.4, 0.5) is 10.5 Å². The first-order valence-corrected chi connectivity index (χ1v) is 6.74. The SMILES string of the molecule is CCCC(O)CNC(=O)Nc1c(C)cc(C)cc1C. The molecule has 1 aromatic rings. The van der Waals surface area contributed by atoms with E-state index >= 15 is 0 Å². The molecule has 0 bridgehead atoms. The van der Waals surface area contributed by atoms with Crippen molar-refractivity contribution in [1.82, 2.24) is 5.32 Å². The molecule has 0 radical (unpaired) electrons. The first-order chi connectivity index (χ1) is 8.93. The molecule has 19 heavy (non-hydrogen) atoms. The Hall–Kier alpha value is -1.55. The van der Waals surface area contributed by atoms with Crippen LogP contribution < -0.4 is 10.6 Å². The van der Waals surface area contributed by atoms with Crippen molar-refractivity contribution in [2.45, 2.75) is 46.6 Å². The van der Waals surface area contributed by atoms with Gasteiger partial charge in [-0.05, 0) is 38.3 Å². The Kier molecular flexibility index (Phi) is 5.83. The van der Waals surface area contributed by atoms with E-state index in [9.17, 15) is 9.90 Å². The molecule has 106 valence electrons. The molecule has 0 saturated carbocycles. The predicted octanol–water partition coefficient (Wildman–Crippen LogP) is 2.89. The number of urea groups is 1. The van der Waals surface area contributed by atoms with E-state index in [1.165, 1.54) is 5.56 Å². The van der Waals surface area contributed by atoms with Crippen molar-refractivity contribution in [3.8, 4) is 0 Å². The number of carbonyl (C=O) groups is 1. The van der Waals surface area contributed by atoms with Crippen molar-refractivity contribution in [1.29, 1.82) is 0 Å². The van der Waals surface area contributed by atoms with Gasteiger partial charge in [-0.1, -0.05) is 31.0 Å². The summed E-state index contributed by atoms with van der Waals surface area (Å²) in [7, 11) is 0. The second-order valence-corrected chi connectivity index (χ2v) is 5.05. The third-order valence-electron chi connectivity index (χ3n) is 3.04. The lowest BCUT2D eigenvalue weighted by molar-refractivity contribution is 0.162. The number of aliphatic hydroxyl groups excluding tert-OH is 1. The van der Waals surface area contributed by atoms with Crippen LogP contribution in [0.1, 0.15) is 36.5 Å². The van der Waals surface area contributed by atoms with Crippen molar-refractivity contribution in [2.75, 3.05) is 11.9 Å². The van der Waals surface area contributed by atoms with Gasteiger partial charge < -0.3 is 15.7 Å². The van der Waals surface area contributed by atoms with E-state index in [2.05, 4.69) is 10.6 Å². The summed E-state index contributed by atoms with van der Waals surface area (Å²) in [5, 5.41) is 15.1. The number of aliphatic hydroxyl groups is 1. The summed E-state index contributed by atoms with van der Waals surface area (Å²) in [5.41, 5.74) is 4.11. The van der Waals surface area contributed by atoms with E-state index in [0.717, 1.165) is 23.2 Å². The summed E-state index contributed by atoms with van der Waals surface area (Å²) in [6, 6.07) is 3.80. The minimum Gasteiger partial charge on any atom is -0.391 e. The lowest BCUT2D eigenvalue weighted by Crippen LogP contribution is -2.35. The number of carbonyl (C=O) groups excluding carboxylic acids is 1. The maximum absolute atomic E-state index is 11.8. The molecule has 2 amide bonds. The second-order valence-electron chi connectivity index (χ2n) is 5.05. The molecule has 1 aromatic carbocycles.